The van der Waals surface area contributed by atoms with Crippen LogP contribution in [-0.4, -0.2) is 0 Å². The first-order chi connectivity index (χ1) is 30.7. The van der Waals surface area contributed by atoms with E-state index in [4.69, 9.17) is 0 Å². The van der Waals surface area contributed by atoms with Crippen LogP contribution in [-0.2, 0) is 0 Å². The Morgan fingerprint density at radius 1 is 0.258 bits per heavy atom. The van der Waals surface area contributed by atoms with Gasteiger partial charge in [-0.2, -0.15) is 0 Å². The van der Waals surface area contributed by atoms with Gasteiger partial charge < -0.3 is 9.80 Å². The Morgan fingerprint density at radius 3 is 1.24 bits per heavy atom. The van der Waals surface area contributed by atoms with Crippen LogP contribution in [0.1, 0.15) is 0 Å². The highest BCUT2D eigenvalue weighted by atomic mass is 32.1. The summed E-state index contributed by atoms with van der Waals surface area (Å²) in [5.74, 6) is 0. The first kappa shape index (κ1) is 36.4. The van der Waals surface area contributed by atoms with Crippen LogP contribution >= 0.6 is 22.7 Å². The number of nitrogens with zero attached hydrogens (tertiary/aromatic N) is 2. The molecule has 0 unspecified atom stereocenters. The number of anilines is 6. The van der Waals surface area contributed by atoms with Gasteiger partial charge >= 0.3 is 0 Å². The lowest BCUT2D eigenvalue weighted by molar-refractivity contribution is 1.30. The number of fused-ring (bicyclic) bond motifs is 7. The molecule has 2 heterocycles. The second kappa shape index (κ2) is 15.2. The van der Waals surface area contributed by atoms with E-state index in [1.807, 2.05) is 22.7 Å². The third kappa shape index (κ3) is 6.31. The van der Waals surface area contributed by atoms with Gasteiger partial charge in [0.2, 0.25) is 0 Å². The number of hydrogen-bond acceptors (Lipinski definition) is 4. The maximum absolute atomic E-state index is 2.40. The van der Waals surface area contributed by atoms with Crippen molar-refractivity contribution in [2.24, 2.45) is 0 Å². The fourth-order valence-corrected chi connectivity index (χ4v) is 11.7. The zero-order valence-electron chi connectivity index (χ0n) is 33.7. The molecule has 2 aromatic heterocycles. The SMILES string of the molecule is c1ccc(N(c2ccc(-c3ccc4c(c3)sc3c5cc(-c6ccc(N(c7ccccc7)c7cccc8ccccc78)cc6)ccc5sc43)cc2)c2cccc3ccccc23)cc1. The van der Waals surface area contributed by atoms with Gasteiger partial charge in [0.15, 0.2) is 0 Å². The smallest absolute Gasteiger partial charge is 0.0542 e. The molecule has 0 bridgehead atoms. The van der Waals surface area contributed by atoms with E-state index < -0.39 is 0 Å². The van der Waals surface area contributed by atoms with E-state index >= 15 is 0 Å². The number of benzene rings is 10. The predicted octanol–water partition coefficient (Wildman–Crippen LogP) is 17.8. The molecule has 10 aromatic carbocycles. The van der Waals surface area contributed by atoms with Crippen LogP contribution in [0.3, 0.4) is 0 Å². The summed E-state index contributed by atoms with van der Waals surface area (Å²) in [4.78, 5) is 4.73. The molecule has 62 heavy (non-hydrogen) atoms. The summed E-state index contributed by atoms with van der Waals surface area (Å²) in [5, 5.41) is 7.58. The molecule has 4 heteroatoms. The predicted molar refractivity (Wildman–Crippen MR) is 270 cm³/mol. The van der Waals surface area contributed by atoms with Gasteiger partial charge in [-0.1, -0.05) is 152 Å². The van der Waals surface area contributed by atoms with Gasteiger partial charge in [0.05, 0.1) is 20.8 Å². The third-order valence-corrected chi connectivity index (χ3v) is 14.6. The van der Waals surface area contributed by atoms with Crippen molar-refractivity contribution >= 4 is 108 Å². The summed E-state index contributed by atoms with van der Waals surface area (Å²) in [6.45, 7) is 0. The number of thiophene rings is 2. The lowest BCUT2D eigenvalue weighted by atomic mass is 10.0. The first-order valence-electron chi connectivity index (χ1n) is 21.0. The highest BCUT2D eigenvalue weighted by Gasteiger charge is 2.18. The van der Waals surface area contributed by atoms with Gasteiger partial charge in [0.1, 0.15) is 0 Å². The molecule has 2 nitrogen and oxygen atoms in total. The van der Waals surface area contributed by atoms with Gasteiger partial charge in [0.25, 0.3) is 0 Å². The maximum Gasteiger partial charge on any atom is 0.0542 e. The Morgan fingerprint density at radius 2 is 0.677 bits per heavy atom. The third-order valence-electron chi connectivity index (χ3n) is 12.0. The molecule has 0 aliphatic rings. The van der Waals surface area contributed by atoms with Crippen LogP contribution in [0.4, 0.5) is 34.1 Å². The molecule has 0 saturated heterocycles. The van der Waals surface area contributed by atoms with Crippen LogP contribution in [0.25, 0.3) is 73.4 Å². The Kier molecular flexibility index (Phi) is 8.91. The molecule has 0 aliphatic carbocycles. The molecule has 0 atom stereocenters. The maximum atomic E-state index is 2.40. The molecule has 12 aromatic rings. The fraction of sp³-hybridized carbons (Fsp3) is 0. The number of hydrogen-bond donors (Lipinski definition) is 0. The van der Waals surface area contributed by atoms with Crippen molar-refractivity contribution in [1.82, 2.24) is 0 Å². The molecule has 292 valence electrons. The van der Waals surface area contributed by atoms with Crippen LogP contribution in [0.15, 0.2) is 231 Å². The summed E-state index contributed by atoms with van der Waals surface area (Å²) in [5.41, 5.74) is 11.7. The Labute approximate surface area is 368 Å². The molecule has 0 N–H and O–H groups in total. The van der Waals surface area contributed by atoms with E-state index in [1.165, 1.54) is 84.7 Å². The monoisotopic (exact) mass is 826 g/mol. The molecule has 0 radical (unpaired) electrons. The summed E-state index contributed by atoms with van der Waals surface area (Å²) in [6.07, 6.45) is 0. The highest BCUT2D eigenvalue weighted by Crippen LogP contribution is 2.47. The van der Waals surface area contributed by atoms with E-state index in [-0.39, 0.29) is 0 Å². The van der Waals surface area contributed by atoms with Crippen LogP contribution in [0, 0.1) is 0 Å². The average molecular weight is 827 g/mol. The van der Waals surface area contributed by atoms with Gasteiger partial charge in [-0.15, -0.1) is 22.7 Å². The lowest BCUT2D eigenvalue weighted by Crippen LogP contribution is -2.10. The van der Waals surface area contributed by atoms with E-state index in [0.29, 0.717) is 0 Å². The molecule has 0 amide bonds. The number of para-hydroxylation sites is 2. The molecular formula is C58H38N2S2. The normalized spacial score (nSPS) is 11.5. The second-order valence-corrected chi connectivity index (χ2v) is 17.8. The molecular weight excluding hydrogens is 789 g/mol. The Hall–Kier alpha value is -7.50. The van der Waals surface area contributed by atoms with E-state index in [9.17, 15) is 0 Å². The zero-order chi connectivity index (χ0) is 41.0. The van der Waals surface area contributed by atoms with Crippen LogP contribution in [0.2, 0.25) is 0 Å². The van der Waals surface area contributed by atoms with Crippen molar-refractivity contribution in [3.05, 3.63) is 231 Å². The first-order valence-corrected chi connectivity index (χ1v) is 22.6. The Bertz CT molecular complexity index is 3560. The largest absolute Gasteiger partial charge is 0.310 e. The quantitative estimate of drug-likeness (QED) is 0.151. The average Bonchev–Trinajstić information content (AvgIpc) is 3.88. The van der Waals surface area contributed by atoms with Gasteiger partial charge in [-0.25, -0.2) is 0 Å². The Balaban J connectivity index is 0.871. The summed E-state index contributed by atoms with van der Waals surface area (Å²) in [6, 6.07) is 83.8. The van der Waals surface area contributed by atoms with Crippen LogP contribution < -0.4 is 9.80 Å². The van der Waals surface area contributed by atoms with Crippen molar-refractivity contribution in [3.8, 4) is 22.3 Å². The minimum atomic E-state index is 1.13. The van der Waals surface area contributed by atoms with Gasteiger partial charge in [-0.05, 0) is 112 Å². The summed E-state index contributed by atoms with van der Waals surface area (Å²) < 4.78 is 5.39. The van der Waals surface area contributed by atoms with Crippen molar-refractivity contribution in [3.63, 3.8) is 0 Å². The van der Waals surface area contributed by atoms with E-state index in [0.717, 1.165) is 22.7 Å². The summed E-state index contributed by atoms with van der Waals surface area (Å²) >= 11 is 3.82. The summed E-state index contributed by atoms with van der Waals surface area (Å²) in [7, 11) is 0. The van der Waals surface area contributed by atoms with Gasteiger partial charge in [-0.3, -0.25) is 0 Å². The van der Waals surface area contributed by atoms with Crippen molar-refractivity contribution in [2.45, 2.75) is 0 Å². The minimum Gasteiger partial charge on any atom is -0.310 e. The molecule has 0 saturated carbocycles. The topological polar surface area (TPSA) is 6.48 Å². The van der Waals surface area contributed by atoms with E-state index in [2.05, 4.69) is 240 Å². The standard InChI is InChI=1S/C58H38N2S2/c1-3-17-45(18-4-1)59(53-23-11-15-41-13-7-9-21-49(41)53)47-31-25-39(26-32-47)43-30-36-55-52(37-43)58-57(61-55)51-35-29-44(38-56(51)62-58)40-27-33-48(34-28-40)60(46-19-5-2-6-20-46)54-24-12-16-42-14-8-10-22-50(42)54/h1-38H. The highest BCUT2D eigenvalue weighted by molar-refractivity contribution is 7.36. The van der Waals surface area contributed by atoms with Crippen molar-refractivity contribution in [1.29, 1.82) is 0 Å². The second-order valence-electron chi connectivity index (χ2n) is 15.7. The number of rotatable bonds is 8. The van der Waals surface area contributed by atoms with Gasteiger partial charge in [0, 0.05) is 53.7 Å². The molecule has 0 fully saturated rings. The minimum absolute atomic E-state index is 1.13. The fourth-order valence-electron chi connectivity index (χ4n) is 9.04. The molecule has 0 aliphatic heterocycles. The van der Waals surface area contributed by atoms with E-state index in [1.54, 1.807) is 0 Å². The van der Waals surface area contributed by atoms with Crippen LogP contribution in [0.5, 0.6) is 0 Å². The lowest BCUT2D eigenvalue weighted by Gasteiger charge is -2.27. The molecule has 12 rings (SSSR count). The molecule has 0 spiro atoms. The van der Waals surface area contributed by atoms with Crippen molar-refractivity contribution in [2.75, 3.05) is 9.80 Å². The van der Waals surface area contributed by atoms with Crippen molar-refractivity contribution < 1.29 is 0 Å². The zero-order valence-corrected chi connectivity index (χ0v) is 35.3.